The summed E-state index contributed by atoms with van der Waals surface area (Å²) in [6, 6.07) is 0. The van der Waals surface area contributed by atoms with E-state index in [9.17, 15) is 8.42 Å². The molecule has 3 rings (SSSR count). The molecule has 0 amide bonds. The van der Waals surface area contributed by atoms with Crippen LogP contribution in [0.25, 0.3) is 0 Å². The molecule has 21 heavy (non-hydrogen) atoms. The molecule has 0 N–H and O–H groups in total. The van der Waals surface area contributed by atoms with Crippen molar-refractivity contribution in [3.05, 3.63) is 11.7 Å². The van der Waals surface area contributed by atoms with Crippen LogP contribution >= 0.6 is 0 Å². The molecule has 1 aliphatic heterocycles. The fourth-order valence-electron chi connectivity index (χ4n) is 2.81. The van der Waals surface area contributed by atoms with Crippen molar-refractivity contribution >= 4 is 10.0 Å². The maximum atomic E-state index is 12.1. The van der Waals surface area contributed by atoms with E-state index in [1.807, 2.05) is 0 Å². The molecule has 0 radical (unpaired) electrons. The Morgan fingerprint density at radius 1 is 1.38 bits per heavy atom. The third kappa shape index (κ3) is 2.97. The summed E-state index contributed by atoms with van der Waals surface area (Å²) in [4.78, 5) is 4.47. The molecule has 8 heteroatoms. The summed E-state index contributed by atoms with van der Waals surface area (Å²) in [5, 5.41) is 4.03. The Labute approximate surface area is 124 Å². The van der Waals surface area contributed by atoms with E-state index in [2.05, 4.69) is 10.1 Å². The molecule has 2 heterocycles. The lowest BCUT2D eigenvalue weighted by molar-refractivity contribution is 0.145. The SMILES string of the molecule is CCS(=O)(=O)N1C[C@@H](COC)[C@H](c2nc(C3CC3)no2)C1. The van der Waals surface area contributed by atoms with Gasteiger partial charge >= 0.3 is 0 Å². The normalized spacial score (nSPS) is 27.3. The van der Waals surface area contributed by atoms with Crippen molar-refractivity contribution in [3.63, 3.8) is 0 Å². The summed E-state index contributed by atoms with van der Waals surface area (Å²) in [6.07, 6.45) is 2.23. The first-order valence-corrected chi connectivity index (χ1v) is 8.96. The summed E-state index contributed by atoms with van der Waals surface area (Å²) < 4.78 is 36.3. The van der Waals surface area contributed by atoms with E-state index in [-0.39, 0.29) is 17.6 Å². The molecule has 0 aromatic carbocycles. The van der Waals surface area contributed by atoms with Crippen LogP contribution in [0.1, 0.15) is 43.3 Å². The number of ether oxygens (including phenoxy) is 1. The molecule has 0 bridgehead atoms. The molecule has 1 aliphatic carbocycles. The van der Waals surface area contributed by atoms with E-state index >= 15 is 0 Å². The number of rotatable bonds is 6. The van der Waals surface area contributed by atoms with Gasteiger partial charge in [-0.15, -0.1) is 0 Å². The Hall–Kier alpha value is -0.990. The van der Waals surface area contributed by atoms with Crippen molar-refractivity contribution < 1.29 is 17.7 Å². The molecular formula is C13H21N3O4S. The highest BCUT2D eigenvalue weighted by Gasteiger charge is 2.42. The number of hydrogen-bond donors (Lipinski definition) is 0. The highest BCUT2D eigenvalue weighted by atomic mass is 32.2. The van der Waals surface area contributed by atoms with Gasteiger partial charge in [-0.3, -0.25) is 0 Å². The second-order valence-electron chi connectivity index (χ2n) is 5.80. The van der Waals surface area contributed by atoms with Crippen molar-refractivity contribution in [2.24, 2.45) is 5.92 Å². The summed E-state index contributed by atoms with van der Waals surface area (Å²) in [5.74, 6) is 1.83. The minimum Gasteiger partial charge on any atom is -0.384 e. The van der Waals surface area contributed by atoms with Crippen LogP contribution < -0.4 is 0 Å². The van der Waals surface area contributed by atoms with Crippen LogP contribution in [0.15, 0.2) is 4.52 Å². The first kappa shape index (κ1) is 14.9. The summed E-state index contributed by atoms with van der Waals surface area (Å²) in [7, 11) is -1.58. The van der Waals surface area contributed by atoms with Crippen LogP contribution in [0.2, 0.25) is 0 Å². The molecule has 1 aromatic rings. The zero-order chi connectivity index (χ0) is 15.0. The van der Waals surface area contributed by atoms with Crippen molar-refractivity contribution in [3.8, 4) is 0 Å². The Bertz CT molecular complexity index is 596. The van der Waals surface area contributed by atoms with E-state index in [1.165, 1.54) is 4.31 Å². The standard InChI is InChI=1S/C13H21N3O4S/c1-3-21(17,18)16-6-10(8-19-2)11(7-16)13-14-12(15-20-13)9-4-5-9/h9-11H,3-8H2,1-2H3/t10-,11+/m0/s1. The average Bonchev–Trinajstić information content (AvgIpc) is 3.04. The smallest absolute Gasteiger partial charge is 0.231 e. The molecular weight excluding hydrogens is 294 g/mol. The van der Waals surface area contributed by atoms with E-state index < -0.39 is 10.0 Å². The minimum absolute atomic E-state index is 0.0591. The van der Waals surface area contributed by atoms with Crippen molar-refractivity contribution in [2.75, 3.05) is 32.6 Å². The van der Waals surface area contributed by atoms with Gasteiger partial charge in [0.25, 0.3) is 0 Å². The Morgan fingerprint density at radius 2 is 2.14 bits per heavy atom. The molecule has 2 fully saturated rings. The first-order chi connectivity index (χ1) is 10.0. The van der Waals surface area contributed by atoms with Crippen LogP contribution in [0.3, 0.4) is 0 Å². The maximum absolute atomic E-state index is 12.1. The van der Waals surface area contributed by atoms with Crippen LogP contribution in [-0.2, 0) is 14.8 Å². The van der Waals surface area contributed by atoms with Gasteiger partial charge in [0.05, 0.1) is 18.3 Å². The monoisotopic (exact) mass is 315 g/mol. The fraction of sp³-hybridized carbons (Fsp3) is 0.846. The van der Waals surface area contributed by atoms with Gasteiger partial charge in [-0.25, -0.2) is 12.7 Å². The van der Waals surface area contributed by atoms with Gasteiger partial charge in [-0.05, 0) is 19.8 Å². The first-order valence-electron chi connectivity index (χ1n) is 7.35. The Kier molecular flexibility index (Phi) is 4.02. The van der Waals surface area contributed by atoms with Crippen LogP contribution in [-0.4, -0.2) is 55.4 Å². The summed E-state index contributed by atoms with van der Waals surface area (Å²) in [6.45, 7) is 3.00. The third-order valence-corrected chi connectivity index (χ3v) is 6.08. The lowest BCUT2D eigenvalue weighted by Gasteiger charge is -2.14. The van der Waals surface area contributed by atoms with Gasteiger partial charge < -0.3 is 9.26 Å². The molecule has 1 saturated carbocycles. The zero-order valence-electron chi connectivity index (χ0n) is 12.4. The molecule has 2 atom stereocenters. The lowest BCUT2D eigenvalue weighted by Crippen LogP contribution is -2.30. The predicted molar refractivity (Wildman–Crippen MR) is 75.4 cm³/mol. The maximum Gasteiger partial charge on any atom is 0.231 e. The number of methoxy groups -OCH3 is 1. The zero-order valence-corrected chi connectivity index (χ0v) is 13.2. The highest BCUT2D eigenvalue weighted by Crippen LogP contribution is 2.40. The molecule has 1 aromatic heterocycles. The van der Waals surface area contributed by atoms with E-state index in [0.717, 1.165) is 18.7 Å². The van der Waals surface area contributed by atoms with Gasteiger partial charge in [0.2, 0.25) is 15.9 Å². The highest BCUT2D eigenvalue weighted by molar-refractivity contribution is 7.89. The number of sulfonamides is 1. The molecule has 7 nitrogen and oxygen atoms in total. The quantitative estimate of drug-likeness (QED) is 0.777. The number of aromatic nitrogens is 2. The molecule has 2 aliphatic rings. The lowest BCUT2D eigenvalue weighted by atomic mass is 9.97. The van der Waals surface area contributed by atoms with Gasteiger partial charge in [-0.2, -0.15) is 4.98 Å². The van der Waals surface area contributed by atoms with E-state index in [0.29, 0.717) is 31.5 Å². The largest absolute Gasteiger partial charge is 0.384 e. The fourth-order valence-corrected chi connectivity index (χ4v) is 3.98. The van der Waals surface area contributed by atoms with E-state index in [4.69, 9.17) is 9.26 Å². The summed E-state index contributed by atoms with van der Waals surface area (Å²) >= 11 is 0. The third-order valence-electron chi connectivity index (χ3n) is 4.26. The topological polar surface area (TPSA) is 85.5 Å². The van der Waals surface area contributed by atoms with Gasteiger partial charge in [0, 0.05) is 32.0 Å². The number of hydrogen-bond acceptors (Lipinski definition) is 6. The van der Waals surface area contributed by atoms with Crippen molar-refractivity contribution in [2.45, 2.75) is 31.6 Å². The predicted octanol–water partition coefficient (Wildman–Crippen LogP) is 0.958. The number of nitrogens with zero attached hydrogens (tertiary/aromatic N) is 3. The molecule has 118 valence electrons. The van der Waals surface area contributed by atoms with Crippen LogP contribution in [0.4, 0.5) is 0 Å². The average molecular weight is 315 g/mol. The molecule has 1 saturated heterocycles. The van der Waals surface area contributed by atoms with E-state index in [1.54, 1.807) is 14.0 Å². The summed E-state index contributed by atoms with van der Waals surface area (Å²) in [5.41, 5.74) is 0. The van der Waals surface area contributed by atoms with Gasteiger partial charge in [0.1, 0.15) is 0 Å². The minimum atomic E-state index is -3.20. The van der Waals surface area contributed by atoms with Gasteiger partial charge in [0.15, 0.2) is 5.82 Å². The van der Waals surface area contributed by atoms with Crippen LogP contribution in [0.5, 0.6) is 0 Å². The Morgan fingerprint density at radius 3 is 2.76 bits per heavy atom. The second kappa shape index (κ2) is 5.66. The molecule has 0 unspecified atom stereocenters. The van der Waals surface area contributed by atoms with Crippen LogP contribution in [0, 0.1) is 5.92 Å². The van der Waals surface area contributed by atoms with Crippen molar-refractivity contribution in [1.29, 1.82) is 0 Å². The second-order valence-corrected chi connectivity index (χ2v) is 8.06. The molecule has 0 spiro atoms. The Balaban J connectivity index is 1.80. The van der Waals surface area contributed by atoms with Gasteiger partial charge in [-0.1, -0.05) is 5.16 Å². The van der Waals surface area contributed by atoms with Crippen molar-refractivity contribution in [1.82, 2.24) is 14.4 Å².